The summed E-state index contributed by atoms with van der Waals surface area (Å²) < 4.78 is 2.09. The lowest BCUT2D eigenvalue weighted by molar-refractivity contribution is 0.146. The molecule has 0 amide bonds. The van der Waals surface area contributed by atoms with Crippen molar-refractivity contribution in [3.8, 4) is 0 Å². The highest BCUT2D eigenvalue weighted by atomic mass is 79.9. The zero-order chi connectivity index (χ0) is 10.7. The van der Waals surface area contributed by atoms with E-state index in [2.05, 4.69) is 45.7 Å². The Morgan fingerprint density at radius 1 is 1.50 bits per heavy atom. The average molecular weight is 342 g/mol. The predicted molar refractivity (Wildman–Crippen MR) is 68.8 cm³/mol. The first kappa shape index (κ1) is 12.7. The molecule has 0 spiro atoms. The molecule has 1 N–H and O–H groups in total. The third-order valence-electron chi connectivity index (χ3n) is 2.36. The first-order valence-electron chi connectivity index (χ1n) is 4.67. The summed E-state index contributed by atoms with van der Waals surface area (Å²) >= 11 is 8.48. The van der Waals surface area contributed by atoms with E-state index in [4.69, 9.17) is 0 Å². The average Bonchev–Trinajstić information content (AvgIpc) is 2.45. The van der Waals surface area contributed by atoms with E-state index in [1.165, 1.54) is 0 Å². The zero-order valence-corrected chi connectivity index (χ0v) is 12.2. The van der Waals surface area contributed by atoms with Crippen molar-refractivity contribution in [3.63, 3.8) is 0 Å². The van der Waals surface area contributed by atoms with Crippen LogP contribution < -0.4 is 0 Å². The van der Waals surface area contributed by atoms with Gasteiger partial charge in [0.25, 0.3) is 0 Å². The summed E-state index contributed by atoms with van der Waals surface area (Å²) in [5, 5.41) is 9.97. The van der Waals surface area contributed by atoms with Gasteiger partial charge in [-0.1, -0.05) is 20.3 Å². The third-order valence-corrected chi connectivity index (χ3v) is 4.75. The maximum Gasteiger partial charge on any atom is 0.0812 e. The number of aliphatic hydroxyl groups excluding tert-OH is 1. The van der Waals surface area contributed by atoms with Gasteiger partial charge in [0.2, 0.25) is 0 Å². The largest absolute Gasteiger partial charge is 0.388 e. The molecule has 1 nitrogen and oxygen atoms in total. The van der Waals surface area contributed by atoms with Crippen molar-refractivity contribution in [1.29, 1.82) is 0 Å². The molecule has 0 fully saturated rings. The van der Waals surface area contributed by atoms with Gasteiger partial charge in [0.05, 0.1) is 13.7 Å². The second kappa shape index (κ2) is 5.64. The fraction of sp³-hybridized carbons (Fsp3) is 0.600. The number of hydrogen-bond acceptors (Lipinski definition) is 2. The van der Waals surface area contributed by atoms with Crippen molar-refractivity contribution >= 4 is 43.2 Å². The fourth-order valence-corrected chi connectivity index (χ4v) is 4.21. The molecular weight excluding hydrogens is 328 g/mol. The van der Waals surface area contributed by atoms with Gasteiger partial charge in [0.1, 0.15) is 0 Å². The van der Waals surface area contributed by atoms with E-state index in [1.807, 2.05) is 6.07 Å². The molecule has 1 aromatic heterocycles. The smallest absolute Gasteiger partial charge is 0.0812 e. The molecule has 1 heterocycles. The lowest BCUT2D eigenvalue weighted by atomic mass is 9.98. The van der Waals surface area contributed by atoms with Crippen molar-refractivity contribution in [2.24, 2.45) is 5.92 Å². The molecule has 1 rings (SSSR count). The minimum absolute atomic E-state index is 0.345. The van der Waals surface area contributed by atoms with Crippen LogP contribution in [0.3, 0.4) is 0 Å². The predicted octanol–water partition coefficient (Wildman–Crippen LogP) is 4.74. The van der Waals surface area contributed by atoms with Gasteiger partial charge in [0, 0.05) is 5.56 Å². The monoisotopic (exact) mass is 340 g/mol. The van der Waals surface area contributed by atoms with Crippen LogP contribution in [-0.4, -0.2) is 5.11 Å². The highest BCUT2D eigenvalue weighted by Crippen LogP contribution is 2.37. The van der Waals surface area contributed by atoms with E-state index < -0.39 is 0 Å². The molecule has 80 valence electrons. The Balaban J connectivity index is 2.69. The second-order valence-corrected chi connectivity index (χ2v) is 7.29. The SMILES string of the molecule is CCC(C)CC(O)c1cc(Br)sc1Br. The molecule has 2 atom stereocenters. The normalized spacial score (nSPS) is 15.5. The Kier molecular flexibility index (Phi) is 5.11. The molecule has 0 aliphatic carbocycles. The first-order chi connectivity index (χ1) is 6.54. The van der Waals surface area contributed by atoms with Gasteiger partial charge >= 0.3 is 0 Å². The van der Waals surface area contributed by atoms with E-state index in [-0.39, 0.29) is 6.10 Å². The summed E-state index contributed by atoms with van der Waals surface area (Å²) in [5.41, 5.74) is 1.00. The van der Waals surface area contributed by atoms with Crippen molar-refractivity contribution in [3.05, 3.63) is 19.2 Å². The Labute approximate surface area is 106 Å². The van der Waals surface area contributed by atoms with E-state index in [0.717, 1.165) is 26.0 Å². The van der Waals surface area contributed by atoms with Crippen LogP contribution in [0, 0.1) is 5.92 Å². The number of hydrogen-bond donors (Lipinski definition) is 1. The molecule has 0 saturated carbocycles. The van der Waals surface area contributed by atoms with Crippen molar-refractivity contribution in [2.75, 3.05) is 0 Å². The molecule has 0 radical (unpaired) electrons. The highest BCUT2D eigenvalue weighted by Gasteiger charge is 2.16. The van der Waals surface area contributed by atoms with Gasteiger partial charge in [-0.3, -0.25) is 0 Å². The van der Waals surface area contributed by atoms with Crippen molar-refractivity contribution < 1.29 is 5.11 Å². The van der Waals surface area contributed by atoms with Crippen LogP contribution in [0.2, 0.25) is 0 Å². The summed E-state index contributed by atoms with van der Waals surface area (Å²) in [4.78, 5) is 0. The summed E-state index contributed by atoms with van der Waals surface area (Å²) in [7, 11) is 0. The summed E-state index contributed by atoms with van der Waals surface area (Å²) in [6.45, 7) is 4.31. The van der Waals surface area contributed by atoms with Crippen LogP contribution >= 0.6 is 43.2 Å². The first-order valence-corrected chi connectivity index (χ1v) is 7.07. The lowest BCUT2D eigenvalue weighted by Crippen LogP contribution is -2.03. The van der Waals surface area contributed by atoms with E-state index >= 15 is 0 Å². The van der Waals surface area contributed by atoms with Gasteiger partial charge in [-0.05, 0) is 50.3 Å². The molecule has 1 aromatic rings. The van der Waals surface area contributed by atoms with Crippen LogP contribution in [0.1, 0.15) is 38.4 Å². The zero-order valence-electron chi connectivity index (χ0n) is 8.26. The van der Waals surface area contributed by atoms with Crippen molar-refractivity contribution in [1.82, 2.24) is 0 Å². The van der Waals surface area contributed by atoms with E-state index in [0.29, 0.717) is 5.92 Å². The third kappa shape index (κ3) is 3.33. The Morgan fingerprint density at radius 3 is 2.57 bits per heavy atom. The summed E-state index contributed by atoms with van der Waals surface area (Å²) in [6, 6.07) is 1.99. The van der Waals surface area contributed by atoms with Crippen molar-refractivity contribution in [2.45, 2.75) is 32.8 Å². The van der Waals surface area contributed by atoms with Gasteiger partial charge in [-0.25, -0.2) is 0 Å². The van der Waals surface area contributed by atoms with E-state index in [1.54, 1.807) is 11.3 Å². The molecule has 0 aliphatic rings. The van der Waals surface area contributed by atoms with Crippen LogP contribution in [0.15, 0.2) is 13.6 Å². The minimum atomic E-state index is -0.345. The Hall–Kier alpha value is 0.620. The number of aliphatic hydroxyl groups is 1. The van der Waals surface area contributed by atoms with Gasteiger partial charge in [-0.2, -0.15) is 0 Å². The standard InChI is InChI=1S/C10H14Br2OS/c1-3-6(2)4-8(13)7-5-9(11)14-10(7)12/h5-6,8,13H,3-4H2,1-2H3. The molecule has 0 bridgehead atoms. The van der Waals surface area contributed by atoms with Crippen LogP contribution in [0.5, 0.6) is 0 Å². The quantitative estimate of drug-likeness (QED) is 0.838. The molecule has 4 heteroatoms. The molecule has 2 unspecified atom stereocenters. The molecule has 0 aliphatic heterocycles. The summed E-state index contributed by atoms with van der Waals surface area (Å²) in [5.74, 6) is 0.565. The topological polar surface area (TPSA) is 20.2 Å². The number of halogens is 2. The molecule has 0 aromatic carbocycles. The minimum Gasteiger partial charge on any atom is -0.388 e. The lowest BCUT2D eigenvalue weighted by Gasteiger charge is -2.14. The van der Waals surface area contributed by atoms with E-state index in [9.17, 15) is 5.11 Å². The van der Waals surface area contributed by atoms with Crippen LogP contribution in [0.4, 0.5) is 0 Å². The molecule has 0 saturated heterocycles. The van der Waals surface area contributed by atoms with Gasteiger partial charge in [0.15, 0.2) is 0 Å². The molecule has 14 heavy (non-hydrogen) atoms. The number of thiophene rings is 1. The van der Waals surface area contributed by atoms with Gasteiger partial charge < -0.3 is 5.11 Å². The van der Waals surface area contributed by atoms with Crippen LogP contribution in [-0.2, 0) is 0 Å². The van der Waals surface area contributed by atoms with Gasteiger partial charge in [-0.15, -0.1) is 11.3 Å². The Morgan fingerprint density at radius 2 is 2.14 bits per heavy atom. The second-order valence-electron chi connectivity index (χ2n) is 3.54. The highest BCUT2D eigenvalue weighted by molar-refractivity contribution is 9.12. The Bertz CT molecular complexity index is 298. The summed E-state index contributed by atoms with van der Waals surface area (Å²) in [6.07, 6.45) is 1.60. The maximum atomic E-state index is 9.97. The maximum absolute atomic E-state index is 9.97. The fourth-order valence-electron chi connectivity index (χ4n) is 1.25. The number of rotatable bonds is 4. The van der Waals surface area contributed by atoms with Crippen LogP contribution in [0.25, 0.3) is 0 Å². The molecular formula is C10H14Br2OS.